The first-order valence-electron chi connectivity index (χ1n) is 13.5. The van der Waals surface area contributed by atoms with Crippen LogP contribution in [0.25, 0.3) is 0 Å². The molecule has 1 N–H and O–H groups in total. The summed E-state index contributed by atoms with van der Waals surface area (Å²) >= 11 is 0. The van der Waals surface area contributed by atoms with E-state index in [-0.39, 0.29) is 34.8 Å². The Morgan fingerprint density at radius 2 is 1.56 bits per heavy atom. The van der Waals surface area contributed by atoms with Crippen molar-refractivity contribution in [1.29, 1.82) is 0 Å². The Balaban J connectivity index is 2.04. The fraction of sp³-hybridized carbons (Fsp3) is 0.333. The quantitative estimate of drug-likeness (QED) is 0.220. The highest BCUT2D eigenvalue weighted by molar-refractivity contribution is 7.92. The largest absolute Gasteiger partial charge is 0.352 e. The lowest BCUT2D eigenvalue weighted by molar-refractivity contribution is -0.384. The molecule has 0 radical (unpaired) electrons. The highest BCUT2D eigenvalue weighted by Gasteiger charge is 2.34. The van der Waals surface area contributed by atoms with Gasteiger partial charge in [-0.25, -0.2) is 8.42 Å². The topological polar surface area (TPSA) is 130 Å². The van der Waals surface area contributed by atoms with Crippen LogP contribution in [0.5, 0.6) is 0 Å². The predicted octanol–water partition coefficient (Wildman–Crippen LogP) is 4.55. The van der Waals surface area contributed by atoms with E-state index < -0.39 is 33.4 Å². The molecule has 0 saturated carbocycles. The second-order valence-electron chi connectivity index (χ2n) is 9.67. The third-order valence-electron chi connectivity index (χ3n) is 6.81. The Labute approximate surface area is 241 Å². The second kappa shape index (κ2) is 14.4. The molecule has 3 rings (SSSR count). The summed E-state index contributed by atoms with van der Waals surface area (Å²) in [5.41, 5.74) is 0.606. The van der Waals surface area contributed by atoms with Crippen molar-refractivity contribution in [2.24, 2.45) is 0 Å². The van der Waals surface area contributed by atoms with Gasteiger partial charge >= 0.3 is 0 Å². The highest BCUT2D eigenvalue weighted by Crippen LogP contribution is 2.27. The number of nitro groups is 1. The molecule has 0 aliphatic rings. The van der Waals surface area contributed by atoms with Gasteiger partial charge in [0.2, 0.25) is 11.8 Å². The van der Waals surface area contributed by atoms with E-state index in [4.69, 9.17) is 0 Å². The molecule has 0 heterocycles. The number of nitrogens with one attached hydrogen (secondary N) is 1. The average molecular weight is 581 g/mol. The Morgan fingerprint density at radius 3 is 2.15 bits per heavy atom. The van der Waals surface area contributed by atoms with E-state index >= 15 is 0 Å². The number of nitro benzene ring substituents is 1. The molecule has 3 aromatic carbocycles. The molecule has 0 bridgehead atoms. The van der Waals surface area contributed by atoms with E-state index in [0.29, 0.717) is 19.3 Å². The highest BCUT2D eigenvalue weighted by atomic mass is 32.2. The van der Waals surface area contributed by atoms with Crippen LogP contribution in [0.2, 0.25) is 0 Å². The molecule has 11 heteroatoms. The van der Waals surface area contributed by atoms with Gasteiger partial charge in [0.15, 0.2) is 0 Å². The summed E-state index contributed by atoms with van der Waals surface area (Å²) in [6, 6.07) is 21.2. The van der Waals surface area contributed by atoms with E-state index in [9.17, 15) is 28.1 Å². The minimum absolute atomic E-state index is 0.0310. The van der Waals surface area contributed by atoms with Gasteiger partial charge in [0.05, 0.1) is 15.5 Å². The van der Waals surface area contributed by atoms with Crippen LogP contribution in [0, 0.1) is 10.1 Å². The third-order valence-corrected chi connectivity index (χ3v) is 8.60. The standard InChI is InChI=1S/C30H36N4O6S/c1-4-23(3)31-30(36)28(5-2)32(20-19-24-13-8-6-9-14-24)29(35)22-33(25-15-12-16-26(21-25)34(37)38)41(39,40)27-17-10-7-11-18-27/h6-18,21,23,28H,4-5,19-20,22H2,1-3H3,(H,31,36)/t23-,28-/m0/s1. The van der Waals surface area contributed by atoms with Crippen LogP contribution in [0.3, 0.4) is 0 Å². The summed E-state index contributed by atoms with van der Waals surface area (Å²) in [6.07, 6.45) is 1.46. The van der Waals surface area contributed by atoms with Crippen molar-refractivity contribution in [2.45, 2.75) is 57.0 Å². The monoisotopic (exact) mass is 580 g/mol. The maximum Gasteiger partial charge on any atom is 0.271 e. The maximum atomic E-state index is 14.0. The molecule has 0 aliphatic heterocycles. The Bertz CT molecular complexity index is 1430. The van der Waals surface area contributed by atoms with E-state index in [0.717, 1.165) is 15.9 Å². The molecule has 0 aromatic heterocycles. The minimum atomic E-state index is -4.31. The zero-order valence-electron chi connectivity index (χ0n) is 23.5. The first kappa shape index (κ1) is 31.3. The van der Waals surface area contributed by atoms with Crippen molar-refractivity contribution in [3.63, 3.8) is 0 Å². The van der Waals surface area contributed by atoms with Crippen LogP contribution < -0.4 is 9.62 Å². The van der Waals surface area contributed by atoms with Gasteiger partial charge in [-0.2, -0.15) is 0 Å². The summed E-state index contributed by atoms with van der Waals surface area (Å²) in [5.74, 6) is -0.922. The van der Waals surface area contributed by atoms with Crippen molar-refractivity contribution < 1.29 is 22.9 Å². The number of hydrogen-bond acceptors (Lipinski definition) is 6. The number of hydrogen-bond donors (Lipinski definition) is 1. The molecule has 10 nitrogen and oxygen atoms in total. The van der Waals surface area contributed by atoms with Crippen molar-refractivity contribution in [3.8, 4) is 0 Å². The van der Waals surface area contributed by atoms with Gasteiger partial charge in [-0.3, -0.25) is 24.0 Å². The fourth-order valence-electron chi connectivity index (χ4n) is 4.35. The van der Waals surface area contributed by atoms with E-state index in [1.165, 1.54) is 35.2 Å². The predicted molar refractivity (Wildman–Crippen MR) is 158 cm³/mol. The van der Waals surface area contributed by atoms with E-state index in [2.05, 4.69) is 5.32 Å². The van der Waals surface area contributed by atoms with Crippen LogP contribution in [-0.4, -0.2) is 55.2 Å². The number of rotatable bonds is 14. The molecule has 41 heavy (non-hydrogen) atoms. The maximum absolute atomic E-state index is 14.0. The molecule has 3 aromatic rings. The number of non-ortho nitro benzene ring substituents is 1. The van der Waals surface area contributed by atoms with Crippen molar-refractivity contribution in [3.05, 3.63) is 101 Å². The number of sulfonamides is 1. The lowest BCUT2D eigenvalue weighted by Gasteiger charge is -2.33. The number of amides is 2. The molecular formula is C30H36N4O6S. The number of carbonyl (C=O) groups is 2. The normalized spacial score (nSPS) is 12.7. The van der Waals surface area contributed by atoms with Crippen molar-refractivity contribution in [2.75, 3.05) is 17.4 Å². The summed E-state index contributed by atoms with van der Waals surface area (Å²) < 4.78 is 28.5. The van der Waals surface area contributed by atoms with Gasteiger partial charge < -0.3 is 10.2 Å². The van der Waals surface area contributed by atoms with Crippen LogP contribution in [0.1, 0.15) is 39.2 Å². The first-order valence-corrected chi connectivity index (χ1v) is 15.0. The van der Waals surface area contributed by atoms with E-state index in [1.807, 2.05) is 44.2 Å². The molecule has 0 aliphatic carbocycles. The number of anilines is 1. The average Bonchev–Trinajstić information content (AvgIpc) is 2.98. The zero-order valence-corrected chi connectivity index (χ0v) is 24.3. The van der Waals surface area contributed by atoms with Gasteiger partial charge in [0.1, 0.15) is 12.6 Å². The van der Waals surface area contributed by atoms with Crippen LogP contribution in [-0.2, 0) is 26.0 Å². The number of carbonyl (C=O) groups excluding carboxylic acids is 2. The molecule has 218 valence electrons. The van der Waals surface area contributed by atoms with Gasteiger partial charge in [-0.1, -0.05) is 68.4 Å². The summed E-state index contributed by atoms with van der Waals surface area (Å²) in [6.45, 7) is 5.12. The Kier molecular flexibility index (Phi) is 11.0. The molecule has 0 unspecified atom stereocenters. The van der Waals surface area contributed by atoms with Gasteiger partial charge in [-0.05, 0) is 49.9 Å². The smallest absolute Gasteiger partial charge is 0.271 e. The molecule has 2 atom stereocenters. The SMILES string of the molecule is CC[C@H](C)NC(=O)[C@H](CC)N(CCc1ccccc1)C(=O)CN(c1cccc([N+](=O)[O-])c1)S(=O)(=O)c1ccccc1. The minimum Gasteiger partial charge on any atom is -0.352 e. The second-order valence-corrected chi connectivity index (χ2v) is 11.5. The van der Waals surface area contributed by atoms with Gasteiger partial charge in [0.25, 0.3) is 15.7 Å². The van der Waals surface area contributed by atoms with Gasteiger partial charge in [-0.15, -0.1) is 0 Å². The molecule has 0 fully saturated rings. The number of nitrogens with zero attached hydrogens (tertiary/aromatic N) is 3. The van der Waals surface area contributed by atoms with E-state index in [1.54, 1.807) is 25.1 Å². The van der Waals surface area contributed by atoms with Crippen molar-refractivity contribution in [1.82, 2.24) is 10.2 Å². The van der Waals surface area contributed by atoms with Crippen LogP contribution in [0.4, 0.5) is 11.4 Å². The summed E-state index contributed by atoms with van der Waals surface area (Å²) in [7, 11) is -4.31. The third kappa shape index (κ3) is 8.14. The Morgan fingerprint density at radius 1 is 0.927 bits per heavy atom. The van der Waals surface area contributed by atoms with Crippen molar-refractivity contribution >= 4 is 33.2 Å². The van der Waals surface area contributed by atoms with Gasteiger partial charge in [0, 0.05) is 24.7 Å². The zero-order chi connectivity index (χ0) is 30.0. The molecule has 0 spiro atoms. The summed E-state index contributed by atoms with van der Waals surface area (Å²) in [4.78, 5) is 39.5. The summed E-state index contributed by atoms with van der Waals surface area (Å²) in [5, 5.41) is 14.4. The van der Waals surface area contributed by atoms with Crippen LogP contribution >= 0.6 is 0 Å². The lowest BCUT2D eigenvalue weighted by Crippen LogP contribution is -2.54. The molecular weight excluding hydrogens is 544 g/mol. The van der Waals surface area contributed by atoms with Crippen LogP contribution in [0.15, 0.2) is 89.8 Å². The number of benzene rings is 3. The fourth-order valence-corrected chi connectivity index (χ4v) is 5.77. The first-order chi connectivity index (χ1) is 19.6. The molecule has 2 amide bonds. The molecule has 0 saturated heterocycles. The lowest BCUT2D eigenvalue weighted by atomic mass is 10.1. The Hall–Kier alpha value is -4.25.